The molecule has 0 atom stereocenters. The van der Waals surface area contributed by atoms with Crippen molar-refractivity contribution in [2.45, 2.75) is 37.0 Å². The number of thioether (sulfide) groups is 1. The number of benzene rings is 1. The fourth-order valence-corrected chi connectivity index (χ4v) is 2.99. The van der Waals surface area contributed by atoms with Gasteiger partial charge in [0.2, 0.25) is 0 Å². The van der Waals surface area contributed by atoms with Gasteiger partial charge in [-0.05, 0) is 49.9 Å². The molecule has 1 aromatic rings. The van der Waals surface area contributed by atoms with E-state index in [0.29, 0.717) is 6.54 Å². The van der Waals surface area contributed by atoms with E-state index in [-0.39, 0.29) is 5.91 Å². The number of carbonyl (C=O) groups excluding carboxylic acids is 1. The van der Waals surface area contributed by atoms with Gasteiger partial charge in [-0.25, -0.2) is 5.43 Å². The molecule has 1 aliphatic rings. The second-order valence-electron chi connectivity index (χ2n) is 5.61. The molecule has 120 valence electrons. The molecule has 5 heteroatoms. The SMILES string of the molecule is CSc1ccc(/C=N/NC(=O)CN2CCCCCCC2)cc1. The first-order valence-corrected chi connectivity index (χ1v) is 9.19. The van der Waals surface area contributed by atoms with Gasteiger partial charge in [0.05, 0.1) is 12.8 Å². The average molecular weight is 319 g/mol. The molecular formula is C17H25N3OS. The Bertz CT molecular complexity index is 479. The molecular weight excluding hydrogens is 294 g/mol. The first-order valence-electron chi connectivity index (χ1n) is 7.96. The lowest BCUT2D eigenvalue weighted by atomic mass is 10.1. The molecule has 0 saturated carbocycles. The number of carbonyl (C=O) groups is 1. The standard InChI is InChI=1S/C17H25N3OS/c1-22-16-9-7-15(8-10-16)13-18-19-17(21)14-20-11-5-3-2-4-6-12-20/h7-10,13H,2-6,11-12,14H2,1H3,(H,19,21)/b18-13+. The third-order valence-corrected chi connectivity index (χ3v) is 4.58. The van der Waals surface area contributed by atoms with Crippen molar-refractivity contribution in [1.29, 1.82) is 0 Å². The molecule has 2 rings (SSSR count). The number of amides is 1. The van der Waals surface area contributed by atoms with Crippen molar-refractivity contribution in [3.63, 3.8) is 0 Å². The zero-order chi connectivity index (χ0) is 15.6. The van der Waals surface area contributed by atoms with E-state index in [0.717, 1.165) is 18.7 Å². The molecule has 0 radical (unpaired) electrons. The molecule has 0 spiro atoms. The molecule has 22 heavy (non-hydrogen) atoms. The van der Waals surface area contributed by atoms with Crippen LogP contribution in [0.3, 0.4) is 0 Å². The van der Waals surface area contributed by atoms with Crippen LogP contribution in [0.2, 0.25) is 0 Å². The van der Waals surface area contributed by atoms with Gasteiger partial charge >= 0.3 is 0 Å². The fourth-order valence-electron chi connectivity index (χ4n) is 2.58. The molecule has 1 fully saturated rings. The van der Waals surface area contributed by atoms with E-state index in [1.807, 2.05) is 30.5 Å². The summed E-state index contributed by atoms with van der Waals surface area (Å²) in [7, 11) is 0. The number of nitrogens with one attached hydrogen (secondary N) is 1. The quantitative estimate of drug-likeness (QED) is 0.515. The lowest BCUT2D eigenvalue weighted by Crippen LogP contribution is -2.37. The first kappa shape index (κ1) is 17.0. The van der Waals surface area contributed by atoms with Crippen molar-refractivity contribution in [3.8, 4) is 0 Å². The molecule has 1 amide bonds. The van der Waals surface area contributed by atoms with Gasteiger partial charge in [-0.3, -0.25) is 9.69 Å². The average Bonchev–Trinajstić information content (AvgIpc) is 2.50. The number of nitrogens with zero attached hydrogens (tertiary/aromatic N) is 2. The van der Waals surface area contributed by atoms with Gasteiger partial charge in [0.25, 0.3) is 5.91 Å². The van der Waals surface area contributed by atoms with Crippen molar-refractivity contribution in [3.05, 3.63) is 29.8 Å². The van der Waals surface area contributed by atoms with Crippen LogP contribution >= 0.6 is 11.8 Å². The Kier molecular flexibility index (Phi) is 7.46. The van der Waals surface area contributed by atoms with E-state index in [2.05, 4.69) is 15.4 Å². The van der Waals surface area contributed by atoms with E-state index >= 15 is 0 Å². The van der Waals surface area contributed by atoms with Crippen molar-refractivity contribution in [1.82, 2.24) is 10.3 Å². The highest BCUT2D eigenvalue weighted by molar-refractivity contribution is 7.98. The Labute approximate surface area is 137 Å². The van der Waals surface area contributed by atoms with Crippen molar-refractivity contribution >= 4 is 23.9 Å². The Balaban J connectivity index is 1.74. The maximum absolute atomic E-state index is 11.9. The summed E-state index contributed by atoms with van der Waals surface area (Å²) in [6.45, 7) is 2.49. The Morgan fingerprint density at radius 3 is 2.45 bits per heavy atom. The second-order valence-corrected chi connectivity index (χ2v) is 6.49. The second kappa shape index (κ2) is 9.64. The largest absolute Gasteiger partial charge is 0.294 e. The minimum Gasteiger partial charge on any atom is -0.294 e. The monoisotopic (exact) mass is 319 g/mol. The third kappa shape index (κ3) is 6.20. The van der Waals surface area contributed by atoms with Gasteiger partial charge in [0.1, 0.15) is 0 Å². The Hall–Kier alpha value is -1.33. The number of rotatable bonds is 5. The fraction of sp³-hybridized carbons (Fsp3) is 0.529. The normalized spacial score (nSPS) is 17.1. The molecule has 0 unspecified atom stereocenters. The summed E-state index contributed by atoms with van der Waals surface area (Å²) in [6, 6.07) is 8.10. The topological polar surface area (TPSA) is 44.7 Å². The number of hydrogen-bond donors (Lipinski definition) is 1. The van der Waals surface area contributed by atoms with Crippen LogP contribution < -0.4 is 5.43 Å². The Morgan fingerprint density at radius 1 is 1.18 bits per heavy atom. The van der Waals surface area contributed by atoms with Crippen LogP contribution in [0.25, 0.3) is 0 Å². The van der Waals surface area contributed by atoms with Gasteiger partial charge in [0.15, 0.2) is 0 Å². The number of hydrazone groups is 1. The van der Waals surface area contributed by atoms with Crippen LogP contribution in [-0.2, 0) is 4.79 Å². The van der Waals surface area contributed by atoms with Crippen molar-refractivity contribution < 1.29 is 4.79 Å². The lowest BCUT2D eigenvalue weighted by Gasteiger charge is -2.23. The van der Waals surface area contributed by atoms with E-state index in [1.165, 1.54) is 37.0 Å². The van der Waals surface area contributed by atoms with E-state index < -0.39 is 0 Å². The van der Waals surface area contributed by atoms with Gasteiger partial charge in [-0.2, -0.15) is 5.10 Å². The predicted octanol–water partition coefficient (Wildman–Crippen LogP) is 3.12. The highest BCUT2D eigenvalue weighted by Crippen LogP contribution is 2.14. The first-order chi connectivity index (χ1) is 10.8. The molecule has 0 aliphatic carbocycles. The predicted molar refractivity (Wildman–Crippen MR) is 93.5 cm³/mol. The van der Waals surface area contributed by atoms with Crippen LogP contribution in [0.15, 0.2) is 34.3 Å². The van der Waals surface area contributed by atoms with E-state index in [4.69, 9.17) is 0 Å². The summed E-state index contributed by atoms with van der Waals surface area (Å²) in [5.74, 6) is -0.0300. The molecule has 1 aromatic carbocycles. The smallest absolute Gasteiger partial charge is 0.254 e. The maximum Gasteiger partial charge on any atom is 0.254 e. The third-order valence-electron chi connectivity index (χ3n) is 3.83. The van der Waals surface area contributed by atoms with Gasteiger partial charge in [-0.1, -0.05) is 31.4 Å². The summed E-state index contributed by atoms with van der Waals surface area (Å²) in [5.41, 5.74) is 3.62. The summed E-state index contributed by atoms with van der Waals surface area (Å²) >= 11 is 1.71. The molecule has 1 aliphatic heterocycles. The van der Waals surface area contributed by atoms with Crippen LogP contribution in [0, 0.1) is 0 Å². The van der Waals surface area contributed by atoms with Crippen LogP contribution in [0.5, 0.6) is 0 Å². The summed E-state index contributed by atoms with van der Waals surface area (Å²) in [4.78, 5) is 15.4. The van der Waals surface area contributed by atoms with Crippen LogP contribution in [0.4, 0.5) is 0 Å². The minimum absolute atomic E-state index is 0.0300. The molecule has 1 heterocycles. The van der Waals surface area contributed by atoms with Gasteiger partial charge in [0, 0.05) is 4.90 Å². The zero-order valence-corrected chi connectivity index (χ0v) is 14.1. The van der Waals surface area contributed by atoms with E-state index in [9.17, 15) is 4.79 Å². The Morgan fingerprint density at radius 2 is 1.82 bits per heavy atom. The molecule has 4 nitrogen and oxygen atoms in total. The van der Waals surface area contributed by atoms with Crippen LogP contribution in [0.1, 0.15) is 37.7 Å². The number of likely N-dealkylation sites (tertiary alicyclic amines) is 1. The number of hydrogen-bond acceptors (Lipinski definition) is 4. The van der Waals surface area contributed by atoms with Crippen LogP contribution in [-0.4, -0.2) is 42.9 Å². The zero-order valence-electron chi connectivity index (χ0n) is 13.3. The summed E-state index contributed by atoms with van der Waals surface area (Å²) in [5, 5.41) is 4.05. The van der Waals surface area contributed by atoms with Crippen molar-refractivity contribution in [2.75, 3.05) is 25.9 Å². The molecule has 1 N–H and O–H groups in total. The maximum atomic E-state index is 11.9. The highest BCUT2D eigenvalue weighted by atomic mass is 32.2. The summed E-state index contributed by atoms with van der Waals surface area (Å²) < 4.78 is 0. The summed E-state index contributed by atoms with van der Waals surface area (Å²) in [6.07, 6.45) is 10.0. The van der Waals surface area contributed by atoms with Crippen molar-refractivity contribution in [2.24, 2.45) is 5.10 Å². The van der Waals surface area contributed by atoms with Gasteiger partial charge in [-0.15, -0.1) is 11.8 Å². The highest BCUT2D eigenvalue weighted by Gasteiger charge is 2.11. The van der Waals surface area contributed by atoms with Gasteiger partial charge < -0.3 is 0 Å². The molecule has 0 aromatic heterocycles. The minimum atomic E-state index is -0.0300. The molecule has 0 bridgehead atoms. The van der Waals surface area contributed by atoms with E-state index in [1.54, 1.807) is 18.0 Å². The lowest BCUT2D eigenvalue weighted by molar-refractivity contribution is -0.122. The molecule has 1 saturated heterocycles.